The maximum atomic E-state index is 12.1. The molecule has 16 heavy (non-hydrogen) atoms. The first kappa shape index (κ1) is 9.75. The van der Waals surface area contributed by atoms with Crippen molar-refractivity contribution in [3.8, 4) is 0 Å². The van der Waals surface area contributed by atoms with E-state index in [1.54, 1.807) is 6.33 Å². The fourth-order valence-corrected chi connectivity index (χ4v) is 2.37. The smallest absolute Gasteiger partial charge is 0.225 e. The zero-order chi connectivity index (χ0) is 11.0. The van der Waals surface area contributed by atoms with Crippen LogP contribution in [0.2, 0.25) is 0 Å². The van der Waals surface area contributed by atoms with Crippen molar-refractivity contribution < 1.29 is 4.79 Å². The van der Waals surface area contributed by atoms with Crippen LogP contribution in [0.25, 0.3) is 0 Å². The van der Waals surface area contributed by atoms with Crippen molar-refractivity contribution in [2.75, 3.05) is 6.54 Å². The van der Waals surface area contributed by atoms with Crippen LogP contribution in [0.5, 0.6) is 0 Å². The van der Waals surface area contributed by atoms with Crippen molar-refractivity contribution in [1.29, 1.82) is 0 Å². The molecule has 0 unspecified atom stereocenters. The van der Waals surface area contributed by atoms with Crippen LogP contribution in [0.1, 0.15) is 30.5 Å². The highest BCUT2D eigenvalue weighted by Gasteiger charge is 2.31. The van der Waals surface area contributed by atoms with E-state index in [9.17, 15) is 4.79 Å². The Kier molecular flexibility index (Phi) is 2.35. The Bertz CT molecular complexity index is 414. The van der Waals surface area contributed by atoms with Crippen LogP contribution < -0.4 is 0 Å². The summed E-state index contributed by atoms with van der Waals surface area (Å²) >= 11 is 0. The number of amides is 1. The molecule has 1 fully saturated rings. The molecule has 2 aliphatic rings. The van der Waals surface area contributed by atoms with Gasteiger partial charge in [0.05, 0.1) is 5.69 Å². The average Bonchev–Trinajstić information content (AvgIpc) is 2.26. The normalized spacial score (nSPS) is 20.1. The minimum absolute atomic E-state index is 0.297. The number of hydrogen-bond acceptors (Lipinski definition) is 3. The average molecular weight is 217 g/mol. The van der Waals surface area contributed by atoms with Gasteiger partial charge < -0.3 is 4.90 Å². The van der Waals surface area contributed by atoms with Gasteiger partial charge in [0.1, 0.15) is 6.33 Å². The summed E-state index contributed by atoms with van der Waals surface area (Å²) in [6.07, 6.45) is 7.66. The van der Waals surface area contributed by atoms with Gasteiger partial charge in [-0.05, 0) is 12.8 Å². The Morgan fingerprint density at radius 1 is 1.44 bits per heavy atom. The Balaban J connectivity index is 1.74. The minimum atomic E-state index is 0.297. The topological polar surface area (TPSA) is 46.1 Å². The van der Waals surface area contributed by atoms with E-state index in [2.05, 4.69) is 9.97 Å². The fraction of sp³-hybridized carbons (Fsp3) is 0.583. The third kappa shape index (κ3) is 1.58. The van der Waals surface area contributed by atoms with Gasteiger partial charge in [-0.1, -0.05) is 6.42 Å². The van der Waals surface area contributed by atoms with Crippen LogP contribution in [0.4, 0.5) is 0 Å². The molecule has 1 saturated carbocycles. The molecule has 0 aromatic carbocycles. The molecular formula is C12H15N3O. The predicted octanol–water partition coefficient (Wildman–Crippen LogP) is 1.16. The van der Waals surface area contributed by atoms with E-state index in [0.717, 1.165) is 37.1 Å². The Morgan fingerprint density at radius 2 is 2.31 bits per heavy atom. The first-order valence-electron chi connectivity index (χ1n) is 5.91. The van der Waals surface area contributed by atoms with Crippen LogP contribution in [0, 0.1) is 5.92 Å². The van der Waals surface area contributed by atoms with E-state index in [4.69, 9.17) is 0 Å². The summed E-state index contributed by atoms with van der Waals surface area (Å²) in [4.78, 5) is 22.3. The van der Waals surface area contributed by atoms with Crippen LogP contribution in [-0.4, -0.2) is 27.3 Å². The molecule has 1 aliphatic heterocycles. The van der Waals surface area contributed by atoms with Gasteiger partial charge in [0.15, 0.2) is 0 Å². The number of carbonyl (C=O) groups is 1. The fourth-order valence-electron chi connectivity index (χ4n) is 2.37. The highest BCUT2D eigenvalue weighted by Crippen LogP contribution is 2.29. The molecule has 0 atom stereocenters. The van der Waals surface area contributed by atoms with Gasteiger partial charge in [-0.2, -0.15) is 0 Å². The van der Waals surface area contributed by atoms with Crippen molar-refractivity contribution in [3.05, 3.63) is 23.8 Å². The molecular weight excluding hydrogens is 202 g/mol. The van der Waals surface area contributed by atoms with Gasteiger partial charge >= 0.3 is 0 Å². The monoisotopic (exact) mass is 217 g/mol. The first-order chi connectivity index (χ1) is 7.84. The van der Waals surface area contributed by atoms with E-state index >= 15 is 0 Å². The quantitative estimate of drug-likeness (QED) is 0.709. The summed E-state index contributed by atoms with van der Waals surface area (Å²) in [7, 11) is 0. The molecule has 1 amide bonds. The summed E-state index contributed by atoms with van der Waals surface area (Å²) < 4.78 is 0. The molecule has 0 N–H and O–H groups in total. The Labute approximate surface area is 94.7 Å². The van der Waals surface area contributed by atoms with Crippen LogP contribution >= 0.6 is 0 Å². The lowest BCUT2D eigenvalue weighted by molar-refractivity contribution is -0.139. The van der Waals surface area contributed by atoms with Crippen LogP contribution in [-0.2, 0) is 17.8 Å². The van der Waals surface area contributed by atoms with E-state index < -0.39 is 0 Å². The van der Waals surface area contributed by atoms with Crippen molar-refractivity contribution >= 4 is 5.91 Å². The maximum absolute atomic E-state index is 12.1. The third-order valence-electron chi connectivity index (χ3n) is 3.63. The number of hydrogen-bond donors (Lipinski definition) is 0. The van der Waals surface area contributed by atoms with E-state index in [1.807, 2.05) is 11.1 Å². The molecule has 0 radical (unpaired) electrons. The largest absolute Gasteiger partial charge is 0.338 e. The van der Waals surface area contributed by atoms with Gasteiger partial charge in [0, 0.05) is 37.2 Å². The van der Waals surface area contributed by atoms with E-state index in [0.29, 0.717) is 18.4 Å². The van der Waals surface area contributed by atoms with Crippen LogP contribution in [0.3, 0.4) is 0 Å². The molecule has 4 nitrogen and oxygen atoms in total. The summed E-state index contributed by atoms with van der Waals surface area (Å²) in [5.41, 5.74) is 2.22. The number of aromatic nitrogens is 2. The van der Waals surface area contributed by atoms with Gasteiger partial charge in [-0.15, -0.1) is 0 Å². The molecule has 0 spiro atoms. The first-order valence-corrected chi connectivity index (χ1v) is 5.91. The molecule has 3 rings (SSSR count). The predicted molar refractivity (Wildman–Crippen MR) is 58.5 cm³/mol. The molecule has 84 valence electrons. The number of rotatable bonds is 1. The molecule has 4 heteroatoms. The highest BCUT2D eigenvalue weighted by atomic mass is 16.2. The zero-order valence-electron chi connectivity index (χ0n) is 9.22. The Hall–Kier alpha value is -1.45. The van der Waals surface area contributed by atoms with Gasteiger partial charge in [0.2, 0.25) is 5.91 Å². The second-order valence-corrected chi connectivity index (χ2v) is 4.63. The number of nitrogens with zero attached hydrogens (tertiary/aromatic N) is 3. The SMILES string of the molecule is O=C(C1CCC1)N1CCc2ncncc2C1. The van der Waals surface area contributed by atoms with Gasteiger partial charge in [-0.3, -0.25) is 4.79 Å². The third-order valence-corrected chi connectivity index (χ3v) is 3.63. The van der Waals surface area contributed by atoms with Crippen molar-refractivity contribution in [1.82, 2.24) is 14.9 Å². The van der Waals surface area contributed by atoms with Crippen molar-refractivity contribution in [2.24, 2.45) is 5.92 Å². The molecule has 0 saturated heterocycles. The molecule has 1 aromatic rings. The van der Waals surface area contributed by atoms with Crippen LogP contribution in [0.15, 0.2) is 12.5 Å². The second-order valence-electron chi connectivity index (χ2n) is 4.63. The minimum Gasteiger partial charge on any atom is -0.338 e. The summed E-state index contributed by atoms with van der Waals surface area (Å²) in [5.74, 6) is 0.631. The van der Waals surface area contributed by atoms with E-state index in [-0.39, 0.29) is 0 Å². The van der Waals surface area contributed by atoms with Gasteiger partial charge in [0.25, 0.3) is 0 Å². The van der Waals surface area contributed by atoms with Gasteiger partial charge in [-0.25, -0.2) is 9.97 Å². The zero-order valence-corrected chi connectivity index (χ0v) is 9.22. The maximum Gasteiger partial charge on any atom is 0.225 e. The molecule has 0 bridgehead atoms. The van der Waals surface area contributed by atoms with Crippen molar-refractivity contribution in [2.45, 2.75) is 32.2 Å². The summed E-state index contributed by atoms with van der Waals surface area (Å²) in [6.45, 7) is 1.52. The standard InChI is InChI=1S/C12H15N3O/c16-12(9-2-1-3-9)15-5-4-11-10(7-15)6-13-8-14-11/h6,8-9H,1-5,7H2. The second kappa shape index (κ2) is 3.85. The highest BCUT2D eigenvalue weighted by molar-refractivity contribution is 5.79. The molecule has 1 aliphatic carbocycles. The van der Waals surface area contributed by atoms with Crippen molar-refractivity contribution in [3.63, 3.8) is 0 Å². The molecule has 1 aromatic heterocycles. The lowest BCUT2D eigenvalue weighted by Gasteiger charge is -2.34. The Morgan fingerprint density at radius 3 is 3.06 bits per heavy atom. The lowest BCUT2D eigenvalue weighted by Crippen LogP contribution is -2.42. The lowest BCUT2D eigenvalue weighted by atomic mass is 9.84. The number of carbonyl (C=O) groups excluding carboxylic acids is 1. The number of fused-ring (bicyclic) bond motifs is 1. The molecule has 2 heterocycles. The summed E-state index contributed by atoms with van der Waals surface area (Å²) in [5, 5.41) is 0. The van der Waals surface area contributed by atoms with E-state index in [1.165, 1.54) is 6.42 Å². The summed E-state index contributed by atoms with van der Waals surface area (Å²) in [6, 6.07) is 0.